The second kappa shape index (κ2) is 5.59. The highest BCUT2D eigenvalue weighted by molar-refractivity contribution is 6.07. The van der Waals surface area contributed by atoms with Gasteiger partial charge in [-0.25, -0.2) is 4.39 Å². The number of nitrogens with zero attached hydrogens (tertiary/aromatic N) is 1. The van der Waals surface area contributed by atoms with Gasteiger partial charge in [0, 0.05) is 26.1 Å². The molecule has 0 radical (unpaired) electrons. The van der Waals surface area contributed by atoms with E-state index in [9.17, 15) is 14.0 Å². The van der Waals surface area contributed by atoms with Crippen molar-refractivity contribution in [1.29, 1.82) is 0 Å². The predicted molar refractivity (Wildman–Crippen MR) is 77.7 cm³/mol. The van der Waals surface area contributed by atoms with Gasteiger partial charge in [-0.15, -0.1) is 0 Å². The molecular weight excluding hydrogens is 287 g/mol. The summed E-state index contributed by atoms with van der Waals surface area (Å²) in [6.07, 6.45) is 1.74. The van der Waals surface area contributed by atoms with Crippen molar-refractivity contribution in [2.75, 3.05) is 20.1 Å². The van der Waals surface area contributed by atoms with Gasteiger partial charge in [-0.05, 0) is 25.0 Å². The van der Waals surface area contributed by atoms with Gasteiger partial charge in [-0.2, -0.15) is 0 Å². The summed E-state index contributed by atoms with van der Waals surface area (Å²) in [5.41, 5.74) is -0.859. The second-order valence-corrected chi connectivity index (χ2v) is 5.90. The van der Waals surface area contributed by atoms with Crippen molar-refractivity contribution in [2.24, 2.45) is 5.41 Å². The van der Waals surface area contributed by atoms with Crippen LogP contribution in [0.3, 0.4) is 0 Å². The Morgan fingerprint density at radius 3 is 2.82 bits per heavy atom. The molecule has 1 aromatic carbocycles. The highest BCUT2D eigenvalue weighted by atomic mass is 19.1. The third-order valence-corrected chi connectivity index (χ3v) is 4.35. The molecular formula is C16H19FN2O3. The summed E-state index contributed by atoms with van der Waals surface area (Å²) in [6, 6.07) is 5.97. The first kappa shape index (κ1) is 14.8. The fraction of sp³-hybridized carbons (Fsp3) is 0.500. The van der Waals surface area contributed by atoms with Crippen LogP contribution in [-0.2, 0) is 9.59 Å². The van der Waals surface area contributed by atoms with Gasteiger partial charge in [0.2, 0.25) is 11.8 Å². The van der Waals surface area contributed by atoms with Gasteiger partial charge in [0.05, 0.1) is 6.54 Å². The first-order chi connectivity index (χ1) is 10.5. The first-order valence-electron chi connectivity index (χ1n) is 7.49. The maximum absolute atomic E-state index is 13.1. The predicted octanol–water partition coefficient (Wildman–Crippen LogP) is 1.33. The lowest BCUT2D eigenvalue weighted by Gasteiger charge is -2.22. The largest absolute Gasteiger partial charge is 0.488 e. The summed E-state index contributed by atoms with van der Waals surface area (Å²) in [4.78, 5) is 26.1. The van der Waals surface area contributed by atoms with Crippen LogP contribution in [0, 0.1) is 11.2 Å². The molecule has 5 nitrogen and oxygen atoms in total. The molecule has 0 aromatic heterocycles. The van der Waals surface area contributed by atoms with Crippen molar-refractivity contribution in [3.05, 3.63) is 30.1 Å². The molecule has 1 saturated carbocycles. The average molecular weight is 306 g/mol. The molecule has 1 N–H and O–H groups in total. The number of carbonyl (C=O) groups excluding carboxylic acids is 2. The van der Waals surface area contributed by atoms with Crippen molar-refractivity contribution in [1.82, 2.24) is 10.2 Å². The Morgan fingerprint density at radius 2 is 2.18 bits per heavy atom. The number of ether oxygens (including phenoxy) is 1. The lowest BCUT2D eigenvalue weighted by molar-refractivity contribution is -0.143. The van der Waals surface area contributed by atoms with E-state index in [1.54, 1.807) is 24.1 Å². The Kier molecular flexibility index (Phi) is 3.76. The van der Waals surface area contributed by atoms with Crippen LogP contribution in [0.5, 0.6) is 5.75 Å². The van der Waals surface area contributed by atoms with Gasteiger partial charge in [-0.1, -0.05) is 6.07 Å². The zero-order valence-electron chi connectivity index (χ0n) is 12.5. The molecule has 0 bridgehead atoms. The van der Waals surface area contributed by atoms with Gasteiger partial charge in [0.25, 0.3) is 0 Å². The van der Waals surface area contributed by atoms with E-state index in [0.717, 1.165) is 0 Å². The zero-order chi connectivity index (χ0) is 15.7. The number of likely N-dealkylation sites (tertiary alicyclic amines) is 1. The molecule has 1 aromatic rings. The van der Waals surface area contributed by atoms with Crippen LogP contribution in [-0.4, -0.2) is 43.0 Å². The van der Waals surface area contributed by atoms with Crippen LogP contribution >= 0.6 is 0 Å². The lowest BCUT2D eigenvalue weighted by atomic mass is 10.0. The Balaban J connectivity index is 1.61. The van der Waals surface area contributed by atoms with Crippen LogP contribution in [0.25, 0.3) is 0 Å². The summed E-state index contributed by atoms with van der Waals surface area (Å²) in [5.74, 6) is -0.198. The quantitative estimate of drug-likeness (QED) is 0.854. The number of halogens is 1. The molecule has 2 amide bonds. The number of hydrogen-bond acceptors (Lipinski definition) is 3. The van der Waals surface area contributed by atoms with Crippen LogP contribution in [0.4, 0.5) is 4.39 Å². The number of amides is 2. The van der Waals surface area contributed by atoms with Crippen LogP contribution in [0.15, 0.2) is 24.3 Å². The van der Waals surface area contributed by atoms with E-state index >= 15 is 0 Å². The SMILES string of the molecule is CNC(=O)C1(C(=O)N2CCC(Oc3cccc(F)c3)C2)CC1. The molecule has 2 aliphatic rings. The van der Waals surface area contributed by atoms with Crippen molar-refractivity contribution < 1.29 is 18.7 Å². The highest BCUT2D eigenvalue weighted by Crippen LogP contribution is 2.48. The molecule has 1 saturated heterocycles. The first-order valence-corrected chi connectivity index (χ1v) is 7.49. The van der Waals surface area contributed by atoms with Crippen molar-refractivity contribution >= 4 is 11.8 Å². The average Bonchev–Trinajstić information content (AvgIpc) is 3.20. The molecule has 1 unspecified atom stereocenters. The summed E-state index contributed by atoms with van der Waals surface area (Å²) < 4.78 is 18.9. The Bertz CT molecular complexity index is 601. The molecule has 118 valence electrons. The third-order valence-electron chi connectivity index (χ3n) is 4.35. The Morgan fingerprint density at radius 1 is 1.41 bits per heavy atom. The maximum Gasteiger partial charge on any atom is 0.238 e. The Hall–Kier alpha value is -2.11. The summed E-state index contributed by atoms with van der Waals surface area (Å²) in [7, 11) is 1.55. The lowest BCUT2D eigenvalue weighted by Crippen LogP contribution is -2.44. The third kappa shape index (κ3) is 2.65. The van der Waals surface area contributed by atoms with E-state index in [-0.39, 0.29) is 23.7 Å². The molecule has 1 heterocycles. The maximum atomic E-state index is 13.1. The molecule has 1 atom stereocenters. The smallest absolute Gasteiger partial charge is 0.238 e. The number of benzene rings is 1. The topological polar surface area (TPSA) is 58.6 Å². The van der Waals surface area contributed by atoms with Crippen molar-refractivity contribution in [3.63, 3.8) is 0 Å². The van der Waals surface area contributed by atoms with Gasteiger partial charge in [0.1, 0.15) is 23.1 Å². The Labute approximate surface area is 128 Å². The standard InChI is InChI=1S/C16H19FN2O3/c1-18-14(20)16(6-7-16)15(21)19-8-5-13(10-19)22-12-4-2-3-11(17)9-12/h2-4,9,13H,5-8,10H2,1H3,(H,18,20). The zero-order valence-corrected chi connectivity index (χ0v) is 12.5. The minimum Gasteiger partial charge on any atom is -0.488 e. The van der Waals surface area contributed by atoms with E-state index in [1.165, 1.54) is 12.1 Å². The fourth-order valence-electron chi connectivity index (χ4n) is 2.95. The number of nitrogens with one attached hydrogen (secondary N) is 1. The molecule has 0 spiro atoms. The van der Waals surface area contributed by atoms with Crippen LogP contribution in [0.2, 0.25) is 0 Å². The molecule has 6 heteroatoms. The van der Waals surface area contributed by atoms with Gasteiger partial charge < -0.3 is 15.0 Å². The number of carbonyl (C=O) groups is 2. The molecule has 2 fully saturated rings. The number of rotatable bonds is 4. The second-order valence-electron chi connectivity index (χ2n) is 5.90. The van der Waals surface area contributed by atoms with E-state index in [4.69, 9.17) is 4.74 Å². The molecule has 1 aliphatic heterocycles. The normalized spacial score (nSPS) is 22.3. The molecule has 3 rings (SSSR count). The highest BCUT2D eigenvalue weighted by Gasteiger charge is 2.58. The molecule has 22 heavy (non-hydrogen) atoms. The summed E-state index contributed by atoms with van der Waals surface area (Å²) in [5, 5.41) is 2.57. The van der Waals surface area contributed by atoms with E-state index < -0.39 is 5.41 Å². The molecule has 1 aliphatic carbocycles. The minimum atomic E-state index is -0.859. The van der Waals surface area contributed by atoms with Crippen LogP contribution in [0.1, 0.15) is 19.3 Å². The number of hydrogen-bond donors (Lipinski definition) is 1. The van der Waals surface area contributed by atoms with Crippen molar-refractivity contribution in [2.45, 2.75) is 25.4 Å². The fourth-order valence-corrected chi connectivity index (χ4v) is 2.95. The van der Waals surface area contributed by atoms with Gasteiger partial charge >= 0.3 is 0 Å². The summed E-state index contributed by atoms with van der Waals surface area (Å²) in [6.45, 7) is 1.01. The van der Waals surface area contributed by atoms with Crippen LogP contribution < -0.4 is 10.1 Å². The summed E-state index contributed by atoms with van der Waals surface area (Å²) >= 11 is 0. The van der Waals surface area contributed by atoms with Gasteiger partial charge in [0.15, 0.2) is 0 Å². The van der Waals surface area contributed by atoms with Crippen molar-refractivity contribution in [3.8, 4) is 5.75 Å². The van der Waals surface area contributed by atoms with E-state index in [2.05, 4.69) is 5.32 Å². The minimum absolute atomic E-state index is 0.114. The monoisotopic (exact) mass is 306 g/mol. The van der Waals surface area contributed by atoms with Gasteiger partial charge in [-0.3, -0.25) is 9.59 Å². The van der Waals surface area contributed by atoms with E-state index in [1.807, 2.05) is 0 Å². The van der Waals surface area contributed by atoms with E-state index in [0.29, 0.717) is 38.1 Å².